The number of benzene rings is 1. The Hall–Kier alpha value is -1.77. The van der Waals surface area contributed by atoms with Crippen molar-refractivity contribution in [2.45, 2.75) is 13.5 Å². The van der Waals surface area contributed by atoms with Crippen molar-refractivity contribution in [1.29, 1.82) is 0 Å². The minimum atomic E-state index is -0.0913. The number of nitrogens with zero attached hydrogens (tertiary/aromatic N) is 1. The molecule has 0 amide bonds. The number of hydrogen-bond acceptors (Lipinski definition) is 2. The zero-order valence-electron chi connectivity index (χ0n) is 7.93. The highest BCUT2D eigenvalue weighted by molar-refractivity contribution is 5.14. The van der Waals surface area contributed by atoms with E-state index in [1.165, 1.54) is 10.8 Å². The van der Waals surface area contributed by atoms with E-state index in [4.69, 9.17) is 4.52 Å². The van der Waals surface area contributed by atoms with Crippen molar-refractivity contribution in [2.24, 2.45) is 0 Å². The number of hydrogen-bond donors (Lipinski definition) is 0. The fourth-order valence-electron chi connectivity index (χ4n) is 1.35. The van der Waals surface area contributed by atoms with E-state index in [2.05, 4.69) is 0 Å². The molecular weight excluding hydrogens is 178 g/mol. The summed E-state index contributed by atoms with van der Waals surface area (Å²) in [6.07, 6.45) is 0. The van der Waals surface area contributed by atoms with Crippen molar-refractivity contribution >= 4 is 0 Å². The van der Waals surface area contributed by atoms with Crippen molar-refractivity contribution in [2.75, 3.05) is 0 Å². The van der Waals surface area contributed by atoms with E-state index in [0.29, 0.717) is 12.3 Å². The predicted molar refractivity (Wildman–Crippen MR) is 53.2 cm³/mol. The summed E-state index contributed by atoms with van der Waals surface area (Å²) < 4.78 is 6.57. The quantitative estimate of drug-likeness (QED) is 0.722. The molecule has 1 aromatic heterocycles. The minimum Gasteiger partial charge on any atom is -0.381 e. The maximum atomic E-state index is 11.3. The molecule has 14 heavy (non-hydrogen) atoms. The summed E-state index contributed by atoms with van der Waals surface area (Å²) in [6.45, 7) is 2.26. The highest BCUT2D eigenvalue weighted by Crippen LogP contribution is 2.01. The third-order valence-corrected chi connectivity index (χ3v) is 2.00. The normalized spacial score (nSPS) is 10.4. The van der Waals surface area contributed by atoms with Crippen LogP contribution in [-0.4, -0.2) is 4.74 Å². The van der Waals surface area contributed by atoms with E-state index in [-0.39, 0.29) is 5.56 Å². The van der Waals surface area contributed by atoms with Gasteiger partial charge in [-0.15, -0.1) is 0 Å². The summed E-state index contributed by atoms with van der Waals surface area (Å²) in [4.78, 5) is 11.3. The second kappa shape index (κ2) is 3.54. The van der Waals surface area contributed by atoms with Gasteiger partial charge in [0.25, 0.3) is 5.56 Å². The van der Waals surface area contributed by atoms with E-state index in [1.54, 1.807) is 6.92 Å². The maximum Gasteiger partial charge on any atom is 0.282 e. The smallest absolute Gasteiger partial charge is 0.282 e. The SMILES string of the molecule is Cc1cc(=O)n(Cc2ccccc2)o1. The Balaban J connectivity index is 2.28. The minimum absolute atomic E-state index is 0.0913. The van der Waals surface area contributed by atoms with E-state index in [9.17, 15) is 4.79 Å². The summed E-state index contributed by atoms with van der Waals surface area (Å²) >= 11 is 0. The van der Waals surface area contributed by atoms with Crippen LogP contribution < -0.4 is 5.56 Å². The molecule has 0 fully saturated rings. The topological polar surface area (TPSA) is 35.1 Å². The molecule has 0 aliphatic heterocycles. The Morgan fingerprint density at radius 1 is 1.29 bits per heavy atom. The Bertz CT molecular complexity index is 468. The summed E-state index contributed by atoms with van der Waals surface area (Å²) in [7, 11) is 0. The molecule has 0 atom stereocenters. The zero-order valence-corrected chi connectivity index (χ0v) is 7.93. The van der Waals surface area contributed by atoms with Crippen molar-refractivity contribution in [3.05, 3.63) is 58.1 Å². The van der Waals surface area contributed by atoms with Gasteiger partial charge in [-0.3, -0.25) is 4.79 Å². The van der Waals surface area contributed by atoms with Crippen LogP contribution >= 0.6 is 0 Å². The van der Waals surface area contributed by atoms with Crippen LogP contribution in [0.1, 0.15) is 11.3 Å². The molecule has 0 aliphatic rings. The molecule has 1 aromatic carbocycles. The van der Waals surface area contributed by atoms with Crippen LogP contribution in [0.2, 0.25) is 0 Å². The molecule has 0 bridgehead atoms. The third-order valence-electron chi connectivity index (χ3n) is 2.00. The molecule has 0 spiro atoms. The Kier molecular flexibility index (Phi) is 2.23. The average Bonchev–Trinajstić information content (AvgIpc) is 2.47. The predicted octanol–water partition coefficient (Wildman–Crippen LogP) is 1.80. The molecule has 0 saturated carbocycles. The number of aryl methyl sites for hydroxylation is 1. The molecular formula is C11H11NO2. The second-order valence-electron chi connectivity index (χ2n) is 3.21. The van der Waals surface area contributed by atoms with Crippen molar-refractivity contribution < 1.29 is 4.52 Å². The van der Waals surface area contributed by atoms with Gasteiger partial charge in [0.2, 0.25) is 0 Å². The highest BCUT2D eigenvalue weighted by atomic mass is 16.5. The molecule has 0 radical (unpaired) electrons. The van der Waals surface area contributed by atoms with Crippen LogP contribution in [0.15, 0.2) is 45.7 Å². The van der Waals surface area contributed by atoms with E-state index in [0.717, 1.165) is 5.56 Å². The molecule has 3 nitrogen and oxygen atoms in total. The first-order chi connectivity index (χ1) is 6.75. The molecule has 0 saturated heterocycles. The average molecular weight is 189 g/mol. The van der Waals surface area contributed by atoms with Crippen molar-refractivity contribution in [3.63, 3.8) is 0 Å². The van der Waals surface area contributed by atoms with Gasteiger partial charge in [-0.2, -0.15) is 4.74 Å². The summed E-state index contributed by atoms with van der Waals surface area (Å²) in [6, 6.07) is 11.2. The van der Waals surface area contributed by atoms with Crippen LogP contribution in [0, 0.1) is 6.92 Å². The third kappa shape index (κ3) is 1.76. The standard InChI is InChI=1S/C11H11NO2/c1-9-7-11(13)12(14-9)8-10-5-3-2-4-6-10/h2-7H,8H2,1H3. The van der Waals surface area contributed by atoms with Gasteiger partial charge in [0.1, 0.15) is 5.76 Å². The fourth-order valence-corrected chi connectivity index (χ4v) is 1.35. The van der Waals surface area contributed by atoms with Crippen molar-refractivity contribution in [3.8, 4) is 0 Å². The number of aromatic nitrogens is 1. The largest absolute Gasteiger partial charge is 0.381 e. The maximum absolute atomic E-state index is 11.3. The fraction of sp³-hybridized carbons (Fsp3) is 0.182. The lowest BCUT2D eigenvalue weighted by Crippen LogP contribution is -2.13. The first kappa shape index (κ1) is 8.81. The monoisotopic (exact) mass is 189 g/mol. The summed E-state index contributed by atoms with van der Waals surface area (Å²) in [5.41, 5.74) is 0.968. The van der Waals surface area contributed by atoms with Gasteiger partial charge >= 0.3 is 0 Å². The van der Waals surface area contributed by atoms with Gasteiger partial charge in [0.15, 0.2) is 0 Å². The van der Waals surface area contributed by atoms with E-state index in [1.807, 2.05) is 30.3 Å². The summed E-state index contributed by atoms with van der Waals surface area (Å²) in [5, 5.41) is 0. The summed E-state index contributed by atoms with van der Waals surface area (Å²) in [5.74, 6) is 0.644. The molecule has 1 heterocycles. The molecule has 0 N–H and O–H groups in total. The Labute approximate surface area is 81.6 Å². The zero-order chi connectivity index (χ0) is 9.97. The first-order valence-electron chi connectivity index (χ1n) is 4.47. The molecule has 3 heteroatoms. The van der Waals surface area contributed by atoms with Crippen LogP contribution in [0.4, 0.5) is 0 Å². The van der Waals surface area contributed by atoms with Gasteiger partial charge in [0, 0.05) is 6.07 Å². The van der Waals surface area contributed by atoms with E-state index < -0.39 is 0 Å². The lowest BCUT2D eigenvalue weighted by molar-refractivity contribution is 0.264. The van der Waals surface area contributed by atoms with Crippen LogP contribution in [0.25, 0.3) is 0 Å². The van der Waals surface area contributed by atoms with Gasteiger partial charge in [-0.05, 0) is 12.5 Å². The lowest BCUT2D eigenvalue weighted by Gasteiger charge is -1.99. The molecule has 2 aromatic rings. The van der Waals surface area contributed by atoms with Crippen LogP contribution in [0.3, 0.4) is 0 Å². The molecule has 0 aliphatic carbocycles. The first-order valence-corrected chi connectivity index (χ1v) is 4.47. The highest BCUT2D eigenvalue weighted by Gasteiger charge is 2.02. The van der Waals surface area contributed by atoms with Crippen LogP contribution in [-0.2, 0) is 6.54 Å². The molecule has 0 unspecified atom stereocenters. The van der Waals surface area contributed by atoms with Crippen LogP contribution in [0.5, 0.6) is 0 Å². The second-order valence-corrected chi connectivity index (χ2v) is 3.21. The van der Waals surface area contributed by atoms with E-state index >= 15 is 0 Å². The molecule has 2 rings (SSSR count). The number of rotatable bonds is 2. The Morgan fingerprint density at radius 2 is 2.00 bits per heavy atom. The van der Waals surface area contributed by atoms with Gasteiger partial charge < -0.3 is 4.52 Å². The Morgan fingerprint density at radius 3 is 2.57 bits per heavy atom. The van der Waals surface area contributed by atoms with Crippen molar-refractivity contribution in [1.82, 2.24) is 4.74 Å². The molecule has 72 valence electrons. The van der Waals surface area contributed by atoms with Gasteiger partial charge in [-0.1, -0.05) is 30.3 Å². The van der Waals surface area contributed by atoms with Gasteiger partial charge in [0.05, 0.1) is 6.54 Å². The van der Waals surface area contributed by atoms with Gasteiger partial charge in [-0.25, -0.2) is 0 Å². The lowest BCUT2D eigenvalue weighted by atomic mass is 10.2.